The quantitative estimate of drug-likeness (QED) is 0.510. The molecule has 0 amide bonds. The Kier molecular flexibility index (Phi) is 4.58. The molecule has 2 nitrogen and oxygen atoms in total. The highest BCUT2D eigenvalue weighted by Crippen LogP contribution is 2.25. The fraction of sp³-hybridized carbons (Fsp3) is 0.273. The molecule has 0 spiro atoms. The Labute approximate surface area is 102 Å². The van der Waals surface area contributed by atoms with Crippen molar-refractivity contribution in [3.63, 3.8) is 0 Å². The Bertz CT molecular complexity index is 391. The predicted octanol–water partition coefficient (Wildman–Crippen LogP) is 3.20. The van der Waals surface area contributed by atoms with Crippen molar-refractivity contribution in [2.45, 2.75) is 19.9 Å². The minimum atomic E-state index is -0.668. The minimum Gasteiger partial charge on any atom is -0.271 e. The molecule has 0 aliphatic rings. The van der Waals surface area contributed by atoms with E-state index in [2.05, 4.69) is 21.4 Å². The van der Waals surface area contributed by atoms with Crippen LogP contribution in [0, 0.1) is 11.6 Å². The molecule has 0 radical (unpaired) electrons. The molecule has 1 aromatic carbocycles. The van der Waals surface area contributed by atoms with E-state index in [1.165, 1.54) is 12.1 Å². The molecule has 0 saturated carbocycles. The molecule has 0 aromatic heterocycles. The molecule has 5 heteroatoms. The van der Waals surface area contributed by atoms with E-state index < -0.39 is 17.7 Å². The summed E-state index contributed by atoms with van der Waals surface area (Å²) in [6.07, 6.45) is 1.66. The second-order valence-corrected chi connectivity index (χ2v) is 4.59. The van der Waals surface area contributed by atoms with Gasteiger partial charge in [-0.3, -0.25) is 5.84 Å². The summed E-state index contributed by atoms with van der Waals surface area (Å²) in [4.78, 5) is 0. The monoisotopic (exact) mass is 290 g/mol. The van der Waals surface area contributed by atoms with E-state index in [9.17, 15) is 8.78 Å². The van der Waals surface area contributed by atoms with Gasteiger partial charge in [0.2, 0.25) is 0 Å². The summed E-state index contributed by atoms with van der Waals surface area (Å²) in [5.41, 5.74) is 3.22. The van der Waals surface area contributed by atoms with Crippen LogP contribution in [0.1, 0.15) is 25.5 Å². The second kappa shape index (κ2) is 5.52. The predicted molar refractivity (Wildman–Crippen MR) is 63.6 cm³/mol. The Hall–Kier alpha value is -0.780. The van der Waals surface area contributed by atoms with Crippen LogP contribution in [0.5, 0.6) is 0 Å². The average molecular weight is 291 g/mol. The molecular weight excluding hydrogens is 278 g/mol. The van der Waals surface area contributed by atoms with Crippen molar-refractivity contribution in [2.75, 3.05) is 0 Å². The van der Waals surface area contributed by atoms with E-state index >= 15 is 0 Å². The summed E-state index contributed by atoms with van der Waals surface area (Å²) in [6.45, 7) is 3.66. The third-order valence-corrected chi connectivity index (χ3v) is 2.49. The van der Waals surface area contributed by atoms with Crippen LogP contribution in [0.3, 0.4) is 0 Å². The first kappa shape index (κ1) is 13.3. The maximum absolute atomic E-state index is 13.6. The molecule has 0 fully saturated rings. The third kappa shape index (κ3) is 3.10. The Morgan fingerprint density at radius 2 is 1.88 bits per heavy atom. The first-order valence-electron chi connectivity index (χ1n) is 4.71. The van der Waals surface area contributed by atoms with Gasteiger partial charge >= 0.3 is 0 Å². The fourth-order valence-corrected chi connectivity index (χ4v) is 1.80. The van der Waals surface area contributed by atoms with Gasteiger partial charge in [-0.25, -0.2) is 14.2 Å². The average Bonchev–Trinajstić information content (AvgIpc) is 2.13. The van der Waals surface area contributed by atoms with Gasteiger partial charge in [0.25, 0.3) is 0 Å². The maximum Gasteiger partial charge on any atom is 0.132 e. The number of hydrogen-bond acceptors (Lipinski definition) is 2. The Morgan fingerprint density at radius 3 is 2.25 bits per heavy atom. The summed E-state index contributed by atoms with van der Waals surface area (Å²) in [5.74, 6) is 4.03. The van der Waals surface area contributed by atoms with Crippen molar-refractivity contribution >= 4 is 15.9 Å². The maximum atomic E-state index is 13.6. The van der Waals surface area contributed by atoms with Gasteiger partial charge in [0.05, 0.1) is 6.04 Å². The lowest BCUT2D eigenvalue weighted by Gasteiger charge is -2.15. The number of nitrogens with one attached hydrogen (secondary N) is 1. The zero-order valence-electron chi connectivity index (χ0n) is 9.02. The molecule has 1 rings (SSSR count). The molecular formula is C11H13BrF2N2. The lowest BCUT2D eigenvalue weighted by molar-refractivity contribution is 0.514. The van der Waals surface area contributed by atoms with E-state index in [1.807, 2.05) is 13.8 Å². The summed E-state index contributed by atoms with van der Waals surface area (Å²) < 4.78 is 27.6. The first-order chi connectivity index (χ1) is 7.45. The Morgan fingerprint density at radius 1 is 1.38 bits per heavy atom. The second-order valence-electron chi connectivity index (χ2n) is 3.67. The van der Waals surface area contributed by atoms with Gasteiger partial charge in [0.1, 0.15) is 11.6 Å². The van der Waals surface area contributed by atoms with Gasteiger partial charge in [-0.05, 0) is 26.0 Å². The summed E-state index contributed by atoms with van der Waals surface area (Å²) in [5, 5.41) is 0. The van der Waals surface area contributed by atoms with Gasteiger partial charge in [0, 0.05) is 10.0 Å². The molecule has 0 heterocycles. The molecule has 1 unspecified atom stereocenters. The van der Waals surface area contributed by atoms with Crippen molar-refractivity contribution < 1.29 is 8.78 Å². The summed E-state index contributed by atoms with van der Waals surface area (Å²) in [7, 11) is 0. The Balaban J connectivity index is 3.25. The highest BCUT2D eigenvalue weighted by Gasteiger charge is 2.17. The van der Waals surface area contributed by atoms with Crippen LogP contribution < -0.4 is 11.3 Å². The van der Waals surface area contributed by atoms with Gasteiger partial charge in [-0.2, -0.15) is 0 Å². The molecule has 0 aliphatic heterocycles. The van der Waals surface area contributed by atoms with Crippen LogP contribution in [0.25, 0.3) is 0 Å². The molecule has 88 valence electrons. The highest BCUT2D eigenvalue weighted by atomic mass is 79.9. The number of hydrazine groups is 1. The minimum absolute atomic E-state index is 0.0769. The topological polar surface area (TPSA) is 38.0 Å². The highest BCUT2D eigenvalue weighted by molar-refractivity contribution is 9.10. The number of hydrogen-bond donors (Lipinski definition) is 2. The molecule has 0 bridgehead atoms. The largest absolute Gasteiger partial charge is 0.271 e. The zero-order valence-corrected chi connectivity index (χ0v) is 10.6. The van der Waals surface area contributed by atoms with Crippen LogP contribution in [-0.4, -0.2) is 0 Å². The smallest absolute Gasteiger partial charge is 0.132 e. The number of allylic oxidation sites excluding steroid dienone is 1. The van der Waals surface area contributed by atoms with E-state index in [-0.39, 0.29) is 5.56 Å². The molecule has 0 aliphatic carbocycles. The number of halogens is 3. The zero-order chi connectivity index (χ0) is 12.3. The van der Waals surface area contributed by atoms with E-state index in [1.54, 1.807) is 6.08 Å². The van der Waals surface area contributed by atoms with E-state index in [4.69, 9.17) is 5.84 Å². The molecule has 1 atom stereocenters. The van der Waals surface area contributed by atoms with Crippen LogP contribution in [0.2, 0.25) is 0 Å². The van der Waals surface area contributed by atoms with Gasteiger partial charge in [0.15, 0.2) is 0 Å². The number of benzene rings is 1. The molecule has 0 saturated heterocycles. The van der Waals surface area contributed by atoms with Gasteiger partial charge < -0.3 is 0 Å². The van der Waals surface area contributed by atoms with Crippen LogP contribution >= 0.6 is 15.9 Å². The molecule has 16 heavy (non-hydrogen) atoms. The lowest BCUT2D eigenvalue weighted by Crippen LogP contribution is -2.28. The lowest BCUT2D eigenvalue weighted by atomic mass is 10.0. The number of rotatable bonds is 3. The summed E-state index contributed by atoms with van der Waals surface area (Å²) in [6, 6.07) is 1.75. The SMILES string of the molecule is CC(C)=CC(NN)c1c(F)cc(Br)cc1F. The first-order valence-corrected chi connectivity index (χ1v) is 5.50. The summed E-state index contributed by atoms with van der Waals surface area (Å²) >= 11 is 3.02. The fourth-order valence-electron chi connectivity index (χ4n) is 1.40. The van der Waals surface area contributed by atoms with Crippen LogP contribution in [-0.2, 0) is 0 Å². The normalized spacial score (nSPS) is 12.4. The van der Waals surface area contributed by atoms with Crippen LogP contribution in [0.4, 0.5) is 8.78 Å². The molecule has 3 N–H and O–H groups in total. The van der Waals surface area contributed by atoms with Crippen molar-refractivity contribution in [1.29, 1.82) is 0 Å². The van der Waals surface area contributed by atoms with Gasteiger partial charge in [-0.15, -0.1) is 0 Å². The number of nitrogens with two attached hydrogens (primary N) is 1. The molecule has 1 aromatic rings. The van der Waals surface area contributed by atoms with E-state index in [0.717, 1.165) is 5.57 Å². The third-order valence-electron chi connectivity index (χ3n) is 2.03. The van der Waals surface area contributed by atoms with Crippen molar-refractivity contribution in [3.05, 3.63) is 45.5 Å². The van der Waals surface area contributed by atoms with Crippen molar-refractivity contribution in [1.82, 2.24) is 5.43 Å². The van der Waals surface area contributed by atoms with E-state index in [0.29, 0.717) is 4.47 Å². The van der Waals surface area contributed by atoms with Crippen molar-refractivity contribution in [2.24, 2.45) is 5.84 Å². The van der Waals surface area contributed by atoms with Crippen molar-refractivity contribution in [3.8, 4) is 0 Å². The standard InChI is InChI=1S/C11H13BrF2N2/c1-6(2)3-10(16-15)11-8(13)4-7(12)5-9(11)14/h3-5,10,16H,15H2,1-2H3. The van der Waals surface area contributed by atoms with Gasteiger partial charge in [-0.1, -0.05) is 27.6 Å². The van der Waals surface area contributed by atoms with Crippen LogP contribution in [0.15, 0.2) is 28.3 Å².